The van der Waals surface area contributed by atoms with Gasteiger partial charge in [0.05, 0.1) is 0 Å². The van der Waals surface area contributed by atoms with Crippen molar-refractivity contribution in [3.05, 3.63) is 303 Å². The summed E-state index contributed by atoms with van der Waals surface area (Å²) in [5, 5.41) is 8.93. The quantitative estimate of drug-likeness (QED) is 0.0236. The van der Waals surface area contributed by atoms with Crippen molar-refractivity contribution in [1.29, 1.82) is 0 Å². The first-order chi connectivity index (χ1) is 45.3. The minimum Gasteiger partial charge on any atom is -0.437 e. The molecular formula is C73H90O11Si11. The number of hydrogen-bond donors (Lipinski definition) is 0. The van der Waals surface area contributed by atoms with Crippen LogP contribution in [0.25, 0.3) is 0 Å². The topological polar surface area (TPSA) is 102 Å². The smallest absolute Gasteiger partial charge is 0.430 e. The van der Waals surface area contributed by atoms with E-state index in [9.17, 15) is 0 Å². The van der Waals surface area contributed by atoms with Gasteiger partial charge in [-0.25, -0.2) is 4.58 Å². The second-order valence-electron chi connectivity index (χ2n) is 26.8. The molecule has 0 saturated heterocycles. The van der Waals surface area contributed by atoms with Gasteiger partial charge in [-0.3, -0.25) is 4.58 Å². The zero-order chi connectivity index (χ0) is 67.5. The highest BCUT2D eigenvalue weighted by Crippen LogP contribution is 2.32. The summed E-state index contributed by atoms with van der Waals surface area (Å²) in [6.45, 7) is 27.2. The molecule has 95 heavy (non-hydrogen) atoms. The molecule has 0 amide bonds. The van der Waals surface area contributed by atoms with Crippen molar-refractivity contribution < 1.29 is 46.2 Å². The molecule has 0 fully saturated rings. The highest BCUT2D eigenvalue weighted by Gasteiger charge is 2.64. The van der Waals surface area contributed by atoms with E-state index in [4.69, 9.17) is 46.2 Å². The van der Waals surface area contributed by atoms with Crippen LogP contribution in [0.4, 0.5) is 0 Å². The molecule has 492 valence electrons. The molecule has 0 atom stereocenters. The summed E-state index contributed by atoms with van der Waals surface area (Å²) >= 11 is 0. The zero-order valence-electron chi connectivity index (χ0n) is 56.9. The van der Waals surface area contributed by atoms with Gasteiger partial charge < -0.3 is 37.0 Å². The third-order valence-corrected chi connectivity index (χ3v) is 56.5. The fourth-order valence-electron chi connectivity index (χ4n) is 12.7. The SMILES string of the molecule is C[Si](C)(C)O[Si](C)(C)O[Si](C)(C)O[Si](C)(C)O[Si](C)(C)O[Si](C)(C)OO[Si](O[Si](O[Si](O[Si](O[SiH](c1ccccc1)c1ccccc1)(c1ccccc1)c1ccccc1)(c1ccccc1)c1ccccc1)(c1ccccc1)c1ccccc1)(c1ccccc1)c1ccccc1. The lowest BCUT2D eigenvalue weighted by Gasteiger charge is -2.49. The summed E-state index contributed by atoms with van der Waals surface area (Å²) in [6, 6.07) is 105. The van der Waals surface area contributed by atoms with Crippen LogP contribution < -0.4 is 51.9 Å². The molecule has 10 rings (SSSR count). The molecule has 0 aliphatic rings. The Hall–Kier alpha value is -5.85. The van der Waals surface area contributed by atoms with Crippen LogP contribution in [0, 0.1) is 0 Å². The molecule has 0 aliphatic heterocycles. The molecule has 0 saturated carbocycles. The molecule has 0 spiro atoms. The third kappa shape index (κ3) is 18.1. The lowest BCUT2D eigenvalue weighted by Crippen LogP contribution is -2.83. The summed E-state index contributed by atoms with van der Waals surface area (Å²) in [4.78, 5) is 0. The predicted molar refractivity (Wildman–Crippen MR) is 414 cm³/mol. The van der Waals surface area contributed by atoms with Gasteiger partial charge in [-0.1, -0.05) is 303 Å². The predicted octanol–water partition coefficient (Wildman–Crippen LogP) is 11.0. The molecule has 10 aromatic carbocycles. The van der Waals surface area contributed by atoms with Gasteiger partial charge in [0.15, 0.2) is 8.32 Å². The largest absolute Gasteiger partial charge is 0.437 e. The van der Waals surface area contributed by atoms with Crippen LogP contribution >= 0.6 is 0 Å². The Morgan fingerprint density at radius 3 is 0.653 bits per heavy atom. The van der Waals surface area contributed by atoms with Crippen molar-refractivity contribution in [2.75, 3.05) is 0 Å². The van der Waals surface area contributed by atoms with Crippen molar-refractivity contribution >= 4 is 146 Å². The zero-order valence-corrected chi connectivity index (χ0v) is 68.1. The summed E-state index contributed by atoms with van der Waals surface area (Å²) in [6.07, 6.45) is 0. The molecule has 0 radical (unpaired) electrons. The summed E-state index contributed by atoms with van der Waals surface area (Å²) in [7, 11) is -37.1. The molecular weight excluding hydrogens is 1360 g/mol. The Bertz CT molecular complexity index is 3780. The van der Waals surface area contributed by atoms with Crippen molar-refractivity contribution in [3.63, 3.8) is 0 Å². The van der Waals surface area contributed by atoms with E-state index in [-0.39, 0.29) is 0 Å². The normalized spacial score (nSPS) is 13.2. The fraction of sp³-hybridized carbons (Fsp3) is 0.178. The summed E-state index contributed by atoms with van der Waals surface area (Å²) in [5.41, 5.74) is 0. The van der Waals surface area contributed by atoms with Gasteiger partial charge in [0.1, 0.15) is 0 Å². The van der Waals surface area contributed by atoms with E-state index >= 15 is 0 Å². The van der Waals surface area contributed by atoms with Gasteiger partial charge in [-0.05, 0) is 137 Å². The Kier molecular flexibility index (Phi) is 23.1. The fourth-order valence-corrected chi connectivity index (χ4v) is 65.1. The van der Waals surface area contributed by atoms with E-state index < -0.39 is 94.4 Å². The van der Waals surface area contributed by atoms with Gasteiger partial charge in [0, 0.05) is 0 Å². The molecule has 0 aliphatic carbocycles. The molecule has 0 aromatic heterocycles. The van der Waals surface area contributed by atoms with Crippen LogP contribution in [-0.2, 0) is 46.2 Å². The van der Waals surface area contributed by atoms with Crippen LogP contribution in [0.2, 0.25) is 85.1 Å². The molecule has 11 nitrogen and oxygen atoms in total. The maximum atomic E-state index is 9.07. The van der Waals surface area contributed by atoms with E-state index in [1.54, 1.807) is 0 Å². The van der Waals surface area contributed by atoms with Gasteiger partial charge in [-0.2, -0.15) is 0 Å². The monoisotopic (exact) mass is 1450 g/mol. The van der Waals surface area contributed by atoms with Crippen LogP contribution in [0.15, 0.2) is 303 Å². The highest BCUT2D eigenvalue weighted by atomic mass is 28.5. The van der Waals surface area contributed by atoms with E-state index in [1.165, 1.54) is 0 Å². The summed E-state index contributed by atoms with van der Waals surface area (Å²) < 4.78 is 85.1. The maximum absolute atomic E-state index is 9.07. The summed E-state index contributed by atoms with van der Waals surface area (Å²) in [5.74, 6) is 0. The minimum atomic E-state index is -4.54. The van der Waals surface area contributed by atoms with Gasteiger partial charge in [-0.15, -0.1) is 0 Å². The second-order valence-corrected chi connectivity index (χ2v) is 64.5. The lowest BCUT2D eigenvalue weighted by molar-refractivity contribution is -0.148. The van der Waals surface area contributed by atoms with E-state index in [1.807, 2.05) is 73.8 Å². The van der Waals surface area contributed by atoms with E-state index in [0.29, 0.717) is 0 Å². The van der Waals surface area contributed by atoms with Crippen molar-refractivity contribution in [3.8, 4) is 0 Å². The molecule has 0 N–H and O–H groups in total. The van der Waals surface area contributed by atoms with Crippen LogP contribution in [0.5, 0.6) is 0 Å². The number of benzene rings is 10. The lowest BCUT2D eigenvalue weighted by atomic mass is 10.4. The van der Waals surface area contributed by atoms with E-state index in [0.717, 1.165) is 51.9 Å². The van der Waals surface area contributed by atoms with Crippen LogP contribution in [-0.4, -0.2) is 94.4 Å². The average molecular weight is 1450 g/mol. The van der Waals surface area contributed by atoms with E-state index in [2.05, 4.69) is 315 Å². The van der Waals surface area contributed by atoms with Crippen molar-refractivity contribution in [2.45, 2.75) is 85.1 Å². The standard InChI is InChI=1S/C73H90O11Si11/c1-86(2,3)77-88(6,7)79-90(10,11)81-91(12,13)80-89(8,9)78-87(4,5)74-75-92(66-48-28-16-29-49-66,67-50-30-17-31-51-67)82-94(70-56-36-20-37-57-70,71-58-38-21-39-59-71)84-95(72-60-40-22-41-61-72,73-62-42-23-43-63-73)83-93(68-52-32-18-33-53-68,69-54-34-19-35-55-69)76-85(64-44-24-14-25-45-64)65-46-26-15-27-47-65/h14-63,85H,1-13H3. The first-order valence-corrected chi connectivity index (χ1v) is 58.8. The van der Waals surface area contributed by atoms with Crippen LogP contribution in [0.1, 0.15) is 0 Å². The first kappa shape index (κ1) is 71.9. The third-order valence-electron chi connectivity index (χ3n) is 15.5. The average Bonchev–Trinajstić information content (AvgIpc) is 0.716. The van der Waals surface area contributed by atoms with Gasteiger partial charge in [0.2, 0.25) is 9.04 Å². The Labute approximate surface area is 576 Å². The molecule has 10 aromatic rings. The molecule has 0 unspecified atom stereocenters. The highest BCUT2D eigenvalue weighted by molar-refractivity contribution is 7.13. The Morgan fingerprint density at radius 1 is 0.189 bits per heavy atom. The number of hydrogen-bond acceptors (Lipinski definition) is 11. The minimum absolute atomic E-state index is 0.780. The molecule has 0 heterocycles. The van der Waals surface area contributed by atoms with Gasteiger partial charge in [0.25, 0.3) is 0 Å². The number of rotatable bonds is 31. The Balaban J connectivity index is 1.20. The maximum Gasteiger partial charge on any atom is 0.430 e. The molecule has 22 heteroatoms. The van der Waals surface area contributed by atoms with Gasteiger partial charge >= 0.3 is 77.0 Å². The van der Waals surface area contributed by atoms with Crippen molar-refractivity contribution in [1.82, 2.24) is 0 Å². The molecule has 0 bridgehead atoms. The van der Waals surface area contributed by atoms with Crippen LogP contribution in [0.3, 0.4) is 0 Å². The first-order valence-electron chi connectivity index (χ1n) is 32.5. The Morgan fingerprint density at radius 2 is 0.389 bits per heavy atom. The van der Waals surface area contributed by atoms with Crippen molar-refractivity contribution in [2.24, 2.45) is 0 Å². The second kappa shape index (κ2) is 30.5.